The lowest BCUT2D eigenvalue weighted by Gasteiger charge is -2.19. The third-order valence-electron chi connectivity index (χ3n) is 3.13. The maximum Gasteiger partial charge on any atom is 0.220 e. The summed E-state index contributed by atoms with van der Waals surface area (Å²) in [7, 11) is 0. The molecule has 1 aromatic rings. The Morgan fingerprint density at radius 1 is 1.24 bits per heavy atom. The number of aryl methyl sites for hydroxylation is 1. The van der Waals surface area contributed by atoms with Crippen LogP contribution in [0.25, 0.3) is 0 Å². The third-order valence-corrected chi connectivity index (χ3v) is 3.13. The topological polar surface area (TPSA) is 30.8 Å². The highest BCUT2D eigenvalue weighted by molar-refractivity contribution is 5.98. The number of hydrogen-bond acceptors (Lipinski definition) is 3. The molecule has 0 unspecified atom stereocenters. The van der Waals surface area contributed by atoms with E-state index < -0.39 is 0 Å². The van der Waals surface area contributed by atoms with Gasteiger partial charge in [0.2, 0.25) is 5.90 Å². The van der Waals surface area contributed by atoms with Crippen molar-refractivity contribution in [1.82, 2.24) is 0 Å². The van der Waals surface area contributed by atoms with Crippen LogP contribution in [0.5, 0.6) is 5.75 Å². The summed E-state index contributed by atoms with van der Waals surface area (Å²) in [4.78, 5) is 4.61. The van der Waals surface area contributed by atoms with E-state index >= 15 is 0 Å². The van der Waals surface area contributed by atoms with E-state index in [4.69, 9.17) is 9.47 Å². The van der Waals surface area contributed by atoms with Crippen LogP contribution in [0.2, 0.25) is 0 Å². The van der Waals surface area contributed by atoms with E-state index in [1.807, 2.05) is 6.07 Å². The van der Waals surface area contributed by atoms with Gasteiger partial charge in [-0.1, -0.05) is 12.1 Å². The highest BCUT2D eigenvalue weighted by Crippen LogP contribution is 2.32. The molecule has 0 bridgehead atoms. The van der Waals surface area contributed by atoms with E-state index in [2.05, 4.69) is 31.0 Å². The van der Waals surface area contributed by atoms with Crippen molar-refractivity contribution in [3.63, 3.8) is 0 Å². The van der Waals surface area contributed by atoms with Crippen molar-refractivity contribution in [3.05, 3.63) is 29.3 Å². The molecule has 17 heavy (non-hydrogen) atoms. The Balaban J connectivity index is 2.04. The van der Waals surface area contributed by atoms with Crippen LogP contribution in [0.3, 0.4) is 0 Å². The minimum Gasteiger partial charge on any atom is -0.492 e. The van der Waals surface area contributed by atoms with E-state index in [0.717, 1.165) is 36.7 Å². The molecular formula is C14H17NO2. The number of fused-ring (bicyclic) bond motifs is 1. The van der Waals surface area contributed by atoms with Crippen LogP contribution in [0.15, 0.2) is 23.2 Å². The Labute approximate surface area is 101 Å². The van der Waals surface area contributed by atoms with Crippen molar-refractivity contribution in [1.29, 1.82) is 0 Å². The predicted octanol–water partition coefficient (Wildman–Crippen LogP) is 2.57. The fourth-order valence-electron chi connectivity index (χ4n) is 2.28. The number of aliphatic imine (C=N–C) groups is 1. The number of rotatable bonds is 1. The van der Waals surface area contributed by atoms with Gasteiger partial charge in [-0.05, 0) is 38.3 Å². The summed E-state index contributed by atoms with van der Waals surface area (Å²) in [5.41, 5.74) is 2.16. The van der Waals surface area contributed by atoms with Gasteiger partial charge >= 0.3 is 0 Å². The van der Waals surface area contributed by atoms with Crippen molar-refractivity contribution in [2.45, 2.75) is 32.2 Å². The lowest BCUT2D eigenvalue weighted by atomic mass is 10.0. The fraction of sp³-hybridized carbons (Fsp3) is 0.500. The molecule has 0 spiro atoms. The van der Waals surface area contributed by atoms with Gasteiger partial charge in [0.25, 0.3) is 0 Å². The van der Waals surface area contributed by atoms with Crippen molar-refractivity contribution in [3.8, 4) is 5.75 Å². The number of hydrogen-bond donors (Lipinski definition) is 0. The molecule has 0 aliphatic carbocycles. The molecule has 2 aliphatic rings. The molecule has 2 heterocycles. The zero-order valence-corrected chi connectivity index (χ0v) is 10.3. The second-order valence-corrected chi connectivity index (χ2v) is 5.26. The Morgan fingerprint density at radius 2 is 2.12 bits per heavy atom. The lowest BCUT2D eigenvalue weighted by molar-refractivity contribution is 0.272. The SMILES string of the molecule is CC1(C)COC(c2cccc3c2OCCC3)=N1. The molecule has 3 heteroatoms. The molecule has 0 saturated heterocycles. The summed E-state index contributed by atoms with van der Waals surface area (Å²) in [6.07, 6.45) is 2.18. The van der Waals surface area contributed by atoms with Crippen LogP contribution in [0, 0.1) is 0 Å². The molecule has 0 N–H and O–H groups in total. The highest BCUT2D eigenvalue weighted by Gasteiger charge is 2.29. The molecule has 3 rings (SSSR count). The first-order valence-electron chi connectivity index (χ1n) is 6.13. The molecule has 1 aromatic carbocycles. The summed E-state index contributed by atoms with van der Waals surface area (Å²) in [6, 6.07) is 6.21. The summed E-state index contributed by atoms with van der Waals surface area (Å²) >= 11 is 0. The summed E-state index contributed by atoms with van der Waals surface area (Å²) in [6.45, 7) is 5.60. The zero-order chi connectivity index (χ0) is 11.9. The van der Waals surface area contributed by atoms with Crippen LogP contribution in [-0.2, 0) is 11.2 Å². The molecule has 0 amide bonds. The van der Waals surface area contributed by atoms with Crippen molar-refractivity contribution in [2.75, 3.05) is 13.2 Å². The van der Waals surface area contributed by atoms with E-state index in [-0.39, 0.29) is 5.54 Å². The van der Waals surface area contributed by atoms with Crippen molar-refractivity contribution >= 4 is 5.90 Å². The Hall–Kier alpha value is -1.51. The van der Waals surface area contributed by atoms with Gasteiger partial charge in [-0.3, -0.25) is 0 Å². The molecule has 0 fully saturated rings. The van der Waals surface area contributed by atoms with Gasteiger partial charge in [-0.25, -0.2) is 4.99 Å². The zero-order valence-electron chi connectivity index (χ0n) is 10.3. The predicted molar refractivity (Wildman–Crippen MR) is 66.8 cm³/mol. The number of para-hydroxylation sites is 1. The Bertz CT molecular complexity index is 477. The molecule has 0 atom stereocenters. The van der Waals surface area contributed by atoms with Gasteiger partial charge in [0.05, 0.1) is 17.7 Å². The van der Waals surface area contributed by atoms with Gasteiger partial charge in [0.1, 0.15) is 12.4 Å². The standard InChI is InChI=1S/C14H17NO2/c1-14(2)9-17-13(15-14)11-7-3-5-10-6-4-8-16-12(10)11/h3,5,7H,4,6,8-9H2,1-2H3. The van der Waals surface area contributed by atoms with Gasteiger partial charge in [-0.15, -0.1) is 0 Å². The first-order chi connectivity index (χ1) is 8.16. The number of benzene rings is 1. The van der Waals surface area contributed by atoms with Crippen molar-refractivity contribution in [2.24, 2.45) is 4.99 Å². The van der Waals surface area contributed by atoms with Crippen LogP contribution >= 0.6 is 0 Å². The fourth-order valence-corrected chi connectivity index (χ4v) is 2.28. The van der Waals surface area contributed by atoms with Gasteiger partial charge in [-0.2, -0.15) is 0 Å². The quantitative estimate of drug-likeness (QED) is 0.743. The first-order valence-corrected chi connectivity index (χ1v) is 6.13. The molecule has 0 aromatic heterocycles. The normalized spacial score (nSPS) is 21.2. The molecule has 3 nitrogen and oxygen atoms in total. The second kappa shape index (κ2) is 3.76. The second-order valence-electron chi connectivity index (χ2n) is 5.26. The van der Waals surface area contributed by atoms with E-state index in [1.165, 1.54) is 5.56 Å². The molecule has 0 saturated carbocycles. The summed E-state index contributed by atoms with van der Waals surface area (Å²) in [5.74, 6) is 1.70. The van der Waals surface area contributed by atoms with E-state index in [0.29, 0.717) is 6.61 Å². The molecule has 90 valence electrons. The first kappa shape index (κ1) is 10.6. The van der Waals surface area contributed by atoms with Crippen molar-refractivity contribution < 1.29 is 9.47 Å². The maximum absolute atomic E-state index is 5.77. The van der Waals surface area contributed by atoms with Crippen LogP contribution in [0.4, 0.5) is 0 Å². The Morgan fingerprint density at radius 3 is 2.88 bits per heavy atom. The lowest BCUT2D eigenvalue weighted by Crippen LogP contribution is -2.17. The van der Waals surface area contributed by atoms with Gasteiger partial charge in [0, 0.05) is 0 Å². The van der Waals surface area contributed by atoms with E-state index in [1.54, 1.807) is 0 Å². The van der Waals surface area contributed by atoms with Gasteiger partial charge in [0.15, 0.2) is 0 Å². The molecular weight excluding hydrogens is 214 g/mol. The largest absolute Gasteiger partial charge is 0.492 e. The smallest absolute Gasteiger partial charge is 0.220 e. The van der Waals surface area contributed by atoms with Crippen LogP contribution < -0.4 is 4.74 Å². The number of ether oxygens (including phenoxy) is 2. The minimum atomic E-state index is -0.118. The molecule has 2 aliphatic heterocycles. The minimum absolute atomic E-state index is 0.118. The summed E-state index contributed by atoms with van der Waals surface area (Å²) < 4.78 is 11.5. The highest BCUT2D eigenvalue weighted by atomic mass is 16.5. The monoisotopic (exact) mass is 231 g/mol. The van der Waals surface area contributed by atoms with E-state index in [9.17, 15) is 0 Å². The van der Waals surface area contributed by atoms with Gasteiger partial charge < -0.3 is 9.47 Å². The average molecular weight is 231 g/mol. The maximum atomic E-state index is 5.77. The average Bonchev–Trinajstić information content (AvgIpc) is 2.69. The Kier molecular flexibility index (Phi) is 2.35. The van der Waals surface area contributed by atoms with Crippen LogP contribution in [-0.4, -0.2) is 24.7 Å². The summed E-state index contributed by atoms with van der Waals surface area (Å²) in [5, 5.41) is 0. The van der Waals surface area contributed by atoms with Crippen LogP contribution in [0.1, 0.15) is 31.4 Å². The third kappa shape index (κ3) is 1.90. The number of nitrogens with zero attached hydrogens (tertiary/aromatic N) is 1. The molecule has 0 radical (unpaired) electrons.